The van der Waals surface area contributed by atoms with Crippen LogP contribution in [0, 0.1) is 5.41 Å². The zero-order valence-electron chi connectivity index (χ0n) is 19.6. The van der Waals surface area contributed by atoms with Gasteiger partial charge in [0, 0.05) is 69.0 Å². The lowest BCUT2D eigenvalue weighted by molar-refractivity contribution is -0.147. The maximum atomic E-state index is 14.2. The molecule has 2 aromatic heterocycles. The van der Waals surface area contributed by atoms with Crippen LogP contribution in [0.1, 0.15) is 55.5 Å². The van der Waals surface area contributed by atoms with E-state index in [1.165, 1.54) is 16.8 Å². The molecule has 5 rings (SSSR count). The maximum Gasteiger partial charge on any atom is 0.231 e. The molecule has 2 saturated heterocycles. The van der Waals surface area contributed by atoms with Gasteiger partial charge < -0.3 is 4.90 Å². The number of piperidine rings is 1. The number of rotatable bonds is 6. The minimum Gasteiger partial charge on any atom is -0.338 e. The molecule has 6 nitrogen and oxygen atoms in total. The number of carbonyl (C=O) groups excluding carboxylic acids is 1. The molecule has 33 heavy (non-hydrogen) atoms. The minimum atomic E-state index is -0.410. The molecule has 6 heteroatoms. The summed E-state index contributed by atoms with van der Waals surface area (Å²) < 4.78 is 2.12. The van der Waals surface area contributed by atoms with Gasteiger partial charge in [-0.3, -0.25) is 19.4 Å². The highest BCUT2D eigenvalue weighted by atomic mass is 16.2. The van der Waals surface area contributed by atoms with Gasteiger partial charge in [-0.05, 0) is 56.0 Å². The van der Waals surface area contributed by atoms with Gasteiger partial charge in [0.05, 0.1) is 5.41 Å². The highest BCUT2D eigenvalue weighted by molar-refractivity contribution is 5.85. The van der Waals surface area contributed by atoms with Crippen molar-refractivity contribution in [3.8, 4) is 0 Å². The second kappa shape index (κ2) is 9.10. The molecule has 0 N–H and O–H groups in total. The lowest BCUT2D eigenvalue weighted by Gasteiger charge is -2.43. The van der Waals surface area contributed by atoms with Crippen molar-refractivity contribution >= 4 is 5.91 Å². The molecule has 4 heterocycles. The Kier molecular flexibility index (Phi) is 6.02. The predicted octanol–water partition coefficient (Wildman–Crippen LogP) is 4.27. The smallest absolute Gasteiger partial charge is 0.231 e. The molecule has 2 atom stereocenters. The van der Waals surface area contributed by atoms with Crippen molar-refractivity contribution in [3.05, 3.63) is 83.9 Å². The number of pyridine rings is 1. The summed E-state index contributed by atoms with van der Waals surface area (Å²) in [6.45, 7) is 8.33. The van der Waals surface area contributed by atoms with Crippen molar-refractivity contribution in [2.75, 3.05) is 19.6 Å². The van der Waals surface area contributed by atoms with Crippen LogP contribution in [0.5, 0.6) is 0 Å². The first-order chi connectivity index (χ1) is 16.1. The molecule has 0 radical (unpaired) electrons. The number of hydrogen-bond acceptors (Lipinski definition) is 4. The number of nitrogens with zero attached hydrogens (tertiary/aromatic N) is 5. The average Bonchev–Trinajstić information content (AvgIpc) is 3.44. The third kappa shape index (κ3) is 4.20. The van der Waals surface area contributed by atoms with Gasteiger partial charge in [-0.2, -0.15) is 5.10 Å². The first-order valence-corrected chi connectivity index (χ1v) is 12.0. The van der Waals surface area contributed by atoms with E-state index in [2.05, 4.69) is 80.9 Å². The molecular weight excluding hydrogens is 410 g/mol. The number of hydrogen-bond donors (Lipinski definition) is 0. The van der Waals surface area contributed by atoms with Crippen LogP contribution in [0.3, 0.4) is 0 Å². The lowest BCUT2D eigenvalue weighted by atomic mass is 9.70. The van der Waals surface area contributed by atoms with E-state index in [1.54, 1.807) is 0 Å². The topological polar surface area (TPSA) is 54.3 Å². The number of likely N-dealkylation sites (tertiary alicyclic amines) is 2. The summed E-state index contributed by atoms with van der Waals surface area (Å²) >= 11 is 0. The van der Waals surface area contributed by atoms with Gasteiger partial charge in [-0.25, -0.2) is 0 Å². The SMILES string of the molecule is CC(C)n1nccc1[C@@H]1CN(Cc2ccncc2)C[C@]12CCCN(Cc1ccccc1)C2=O. The van der Waals surface area contributed by atoms with Crippen molar-refractivity contribution in [2.45, 2.75) is 51.7 Å². The Morgan fingerprint density at radius 1 is 1.00 bits per heavy atom. The third-order valence-corrected chi connectivity index (χ3v) is 7.30. The summed E-state index contributed by atoms with van der Waals surface area (Å²) in [5.74, 6) is 0.437. The van der Waals surface area contributed by atoms with Gasteiger partial charge in [0.2, 0.25) is 5.91 Å². The van der Waals surface area contributed by atoms with E-state index in [9.17, 15) is 4.79 Å². The van der Waals surface area contributed by atoms with Crippen molar-refractivity contribution in [2.24, 2.45) is 5.41 Å². The quantitative estimate of drug-likeness (QED) is 0.571. The highest BCUT2D eigenvalue weighted by Crippen LogP contribution is 2.50. The van der Waals surface area contributed by atoms with Crippen LogP contribution >= 0.6 is 0 Å². The molecule has 172 valence electrons. The summed E-state index contributed by atoms with van der Waals surface area (Å²) in [7, 11) is 0. The standard InChI is InChI=1S/C27H33N5O/c1-21(2)32-25(11-15-29-32)24-19-30(17-23-9-13-28-14-10-23)20-27(24)12-6-16-31(26(27)33)18-22-7-4-3-5-8-22/h3-5,7-11,13-15,21,24H,6,12,16-20H2,1-2H3/t24-,27+/m0/s1. The van der Waals surface area contributed by atoms with Crippen LogP contribution in [-0.2, 0) is 17.9 Å². The number of amides is 1. The molecule has 0 aliphatic carbocycles. The first-order valence-electron chi connectivity index (χ1n) is 12.0. The lowest BCUT2D eigenvalue weighted by Crippen LogP contribution is -2.52. The fourth-order valence-corrected chi connectivity index (χ4v) is 5.82. The van der Waals surface area contributed by atoms with Crippen LogP contribution < -0.4 is 0 Å². The van der Waals surface area contributed by atoms with E-state index in [0.717, 1.165) is 39.0 Å². The van der Waals surface area contributed by atoms with Gasteiger partial charge in [0.1, 0.15) is 0 Å². The predicted molar refractivity (Wildman–Crippen MR) is 128 cm³/mol. The van der Waals surface area contributed by atoms with Crippen LogP contribution in [0.2, 0.25) is 0 Å². The van der Waals surface area contributed by atoms with Crippen molar-refractivity contribution in [1.29, 1.82) is 0 Å². The molecule has 2 aliphatic rings. The Hall–Kier alpha value is -2.99. The third-order valence-electron chi connectivity index (χ3n) is 7.30. The molecule has 0 unspecified atom stereocenters. The number of carbonyl (C=O) groups is 1. The molecule has 3 aromatic rings. The summed E-state index contributed by atoms with van der Waals surface area (Å²) in [6.07, 6.45) is 7.55. The number of benzene rings is 1. The van der Waals surface area contributed by atoms with Crippen LogP contribution in [0.4, 0.5) is 0 Å². The maximum absolute atomic E-state index is 14.2. The van der Waals surface area contributed by atoms with Gasteiger partial charge in [0.25, 0.3) is 0 Å². The van der Waals surface area contributed by atoms with Gasteiger partial charge in [-0.15, -0.1) is 0 Å². The van der Waals surface area contributed by atoms with Gasteiger partial charge in [-0.1, -0.05) is 30.3 Å². The van der Waals surface area contributed by atoms with Crippen molar-refractivity contribution in [1.82, 2.24) is 24.6 Å². The number of aromatic nitrogens is 3. The molecule has 1 aromatic carbocycles. The largest absolute Gasteiger partial charge is 0.338 e. The first kappa shape index (κ1) is 21.8. The Morgan fingerprint density at radius 2 is 1.76 bits per heavy atom. The van der Waals surface area contributed by atoms with E-state index < -0.39 is 5.41 Å². The second-order valence-electron chi connectivity index (χ2n) is 9.84. The zero-order chi connectivity index (χ0) is 22.8. The Morgan fingerprint density at radius 3 is 2.52 bits per heavy atom. The fraction of sp³-hybridized carbons (Fsp3) is 0.444. The molecule has 2 fully saturated rings. The summed E-state index contributed by atoms with van der Waals surface area (Å²) in [4.78, 5) is 22.9. The van der Waals surface area contributed by atoms with Crippen LogP contribution in [0.15, 0.2) is 67.1 Å². The highest BCUT2D eigenvalue weighted by Gasteiger charge is 2.56. The van der Waals surface area contributed by atoms with E-state index in [4.69, 9.17) is 0 Å². The van der Waals surface area contributed by atoms with Crippen molar-refractivity contribution < 1.29 is 4.79 Å². The van der Waals surface area contributed by atoms with E-state index in [-0.39, 0.29) is 12.0 Å². The van der Waals surface area contributed by atoms with Gasteiger partial charge >= 0.3 is 0 Å². The molecule has 0 saturated carbocycles. The Labute approximate surface area is 196 Å². The minimum absolute atomic E-state index is 0.135. The second-order valence-corrected chi connectivity index (χ2v) is 9.84. The molecular formula is C27H33N5O. The average molecular weight is 444 g/mol. The molecule has 2 aliphatic heterocycles. The van der Waals surface area contributed by atoms with Crippen LogP contribution in [0.25, 0.3) is 0 Å². The summed E-state index contributed by atoms with van der Waals surface area (Å²) in [5.41, 5.74) is 3.21. The summed E-state index contributed by atoms with van der Waals surface area (Å²) in [6, 6.07) is 16.9. The van der Waals surface area contributed by atoms with Crippen molar-refractivity contribution in [3.63, 3.8) is 0 Å². The van der Waals surface area contributed by atoms with E-state index in [0.29, 0.717) is 12.5 Å². The molecule has 0 bridgehead atoms. The molecule has 1 amide bonds. The normalized spacial score (nSPS) is 23.7. The Balaban J connectivity index is 1.48. The summed E-state index contributed by atoms with van der Waals surface area (Å²) in [5, 5.41) is 4.62. The van der Waals surface area contributed by atoms with Gasteiger partial charge in [0.15, 0.2) is 0 Å². The molecule has 1 spiro atoms. The fourth-order valence-electron chi connectivity index (χ4n) is 5.82. The Bertz CT molecular complexity index is 1080. The zero-order valence-corrected chi connectivity index (χ0v) is 19.6. The van der Waals surface area contributed by atoms with Crippen LogP contribution in [-0.4, -0.2) is 50.1 Å². The monoisotopic (exact) mass is 443 g/mol. The van der Waals surface area contributed by atoms with E-state index >= 15 is 0 Å². The van der Waals surface area contributed by atoms with E-state index in [1.807, 2.05) is 24.7 Å².